The lowest BCUT2D eigenvalue weighted by molar-refractivity contribution is 0.0678. The van der Waals surface area contributed by atoms with Crippen molar-refractivity contribution in [2.24, 2.45) is 0 Å². The van der Waals surface area contributed by atoms with E-state index in [2.05, 4.69) is 4.57 Å². The van der Waals surface area contributed by atoms with Crippen LogP contribution in [0, 0.1) is 0 Å². The van der Waals surface area contributed by atoms with Gasteiger partial charge < -0.3 is 19.7 Å². The van der Waals surface area contributed by atoms with Crippen LogP contribution < -0.4 is 0 Å². The van der Waals surface area contributed by atoms with Gasteiger partial charge in [0.25, 0.3) is 5.91 Å². The molecular formula is C19H25N3O3. The average molecular weight is 343 g/mol. The molecule has 6 heteroatoms. The number of amides is 1. The minimum atomic E-state index is -0.212. The SMILES string of the molecule is O=C(c1nc(-c2ccccc2)n2c1CCCCC2)N(CCO)CCO. The fraction of sp³-hybridized carbons (Fsp3) is 0.474. The van der Waals surface area contributed by atoms with Crippen molar-refractivity contribution >= 4 is 5.91 Å². The van der Waals surface area contributed by atoms with Crippen LogP contribution in [0.1, 0.15) is 35.4 Å². The minimum Gasteiger partial charge on any atom is -0.395 e. The molecule has 1 aromatic heterocycles. The highest BCUT2D eigenvalue weighted by atomic mass is 16.3. The Bertz CT molecular complexity index is 706. The number of aliphatic hydroxyl groups is 2. The lowest BCUT2D eigenvalue weighted by Gasteiger charge is -2.20. The van der Waals surface area contributed by atoms with Crippen molar-refractivity contribution < 1.29 is 15.0 Å². The molecule has 2 heterocycles. The Morgan fingerprint density at radius 2 is 1.80 bits per heavy atom. The summed E-state index contributed by atoms with van der Waals surface area (Å²) in [5.41, 5.74) is 2.44. The number of hydrogen-bond acceptors (Lipinski definition) is 4. The number of aliphatic hydroxyl groups excluding tert-OH is 2. The van der Waals surface area contributed by atoms with Gasteiger partial charge in [0, 0.05) is 25.2 Å². The molecule has 6 nitrogen and oxygen atoms in total. The predicted molar refractivity (Wildman–Crippen MR) is 95.3 cm³/mol. The number of carbonyl (C=O) groups excluding carboxylic acids is 1. The van der Waals surface area contributed by atoms with Gasteiger partial charge in [0.05, 0.1) is 18.9 Å². The van der Waals surface area contributed by atoms with Crippen molar-refractivity contribution in [1.29, 1.82) is 0 Å². The molecule has 1 aromatic carbocycles. The molecule has 1 aliphatic heterocycles. The average Bonchev–Trinajstić information content (AvgIpc) is 2.83. The molecule has 0 radical (unpaired) electrons. The Morgan fingerprint density at radius 1 is 1.08 bits per heavy atom. The molecule has 0 unspecified atom stereocenters. The van der Waals surface area contributed by atoms with Crippen molar-refractivity contribution in [1.82, 2.24) is 14.5 Å². The largest absolute Gasteiger partial charge is 0.395 e. The quantitative estimate of drug-likeness (QED) is 0.837. The van der Waals surface area contributed by atoms with E-state index in [1.54, 1.807) is 0 Å². The van der Waals surface area contributed by atoms with Gasteiger partial charge in [-0.2, -0.15) is 0 Å². The van der Waals surface area contributed by atoms with Gasteiger partial charge in [0.1, 0.15) is 11.5 Å². The van der Waals surface area contributed by atoms with E-state index in [0.717, 1.165) is 49.3 Å². The molecule has 2 N–H and O–H groups in total. The van der Waals surface area contributed by atoms with Crippen LogP contribution in [0.2, 0.25) is 0 Å². The highest BCUT2D eigenvalue weighted by molar-refractivity contribution is 5.94. The summed E-state index contributed by atoms with van der Waals surface area (Å²) in [4.78, 5) is 19.2. The topological polar surface area (TPSA) is 78.6 Å². The summed E-state index contributed by atoms with van der Waals surface area (Å²) in [6.45, 7) is 0.999. The number of carbonyl (C=O) groups is 1. The molecule has 0 saturated heterocycles. The molecule has 0 aliphatic carbocycles. The molecule has 1 amide bonds. The summed E-state index contributed by atoms with van der Waals surface area (Å²) in [5, 5.41) is 18.4. The van der Waals surface area contributed by atoms with Crippen LogP contribution in [0.25, 0.3) is 11.4 Å². The molecule has 0 spiro atoms. The summed E-state index contributed by atoms with van der Waals surface area (Å²) in [5.74, 6) is 0.615. The van der Waals surface area contributed by atoms with Gasteiger partial charge in [-0.1, -0.05) is 36.8 Å². The van der Waals surface area contributed by atoms with E-state index in [1.165, 1.54) is 4.90 Å². The monoisotopic (exact) mass is 343 g/mol. The molecule has 0 atom stereocenters. The first kappa shape index (κ1) is 17.6. The molecule has 0 fully saturated rings. The third-order valence-electron chi connectivity index (χ3n) is 4.63. The summed E-state index contributed by atoms with van der Waals surface area (Å²) >= 11 is 0. The zero-order chi connectivity index (χ0) is 17.6. The first-order valence-electron chi connectivity index (χ1n) is 8.92. The minimum absolute atomic E-state index is 0.132. The lowest BCUT2D eigenvalue weighted by atomic mass is 10.1. The maximum absolute atomic E-state index is 13.0. The Kier molecular flexibility index (Phi) is 5.83. The maximum Gasteiger partial charge on any atom is 0.274 e. The summed E-state index contributed by atoms with van der Waals surface area (Å²) in [7, 11) is 0. The normalized spacial score (nSPS) is 14.0. The highest BCUT2D eigenvalue weighted by Gasteiger charge is 2.27. The van der Waals surface area contributed by atoms with Crippen molar-refractivity contribution in [3.05, 3.63) is 41.7 Å². The third kappa shape index (κ3) is 3.75. The molecule has 3 rings (SSSR count). The predicted octanol–water partition coefficient (Wildman–Crippen LogP) is 1.70. The van der Waals surface area contributed by atoms with E-state index >= 15 is 0 Å². The number of benzene rings is 1. The van der Waals surface area contributed by atoms with E-state index in [-0.39, 0.29) is 32.2 Å². The maximum atomic E-state index is 13.0. The third-order valence-corrected chi connectivity index (χ3v) is 4.63. The molecule has 0 saturated carbocycles. The van der Waals surface area contributed by atoms with Gasteiger partial charge in [-0.25, -0.2) is 4.98 Å². The number of nitrogens with zero attached hydrogens (tertiary/aromatic N) is 3. The second kappa shape index (κ2) is 8.27. The van der Waals surface area contributed by atoms with E-state index in [1.807, 2.05) is 30.3 Å². The molecule has 1 aliphatic rings. The van der Waals surface area contributed by atoms with Crippen molar-refractivity contribution in [3.8, 4) is 11.4 Å². The number of imidazole rings is 1. The molecule has 25 heavy (non-hydrogen) atoms. The first-order valence-corrected chi connectivity index (χ1v) is 8.92. The van der Waals surface area contributed by atoms with Gasteiger partial charge in [-0.3, -0.25) is 4.79 Å². The van der Waals surface area contributed by atoms with Crippen molar-refractivity contribution in [2.75, 3.05) is 26.3 Å². The smallest absolute Gasteiger partial charge is 0.274 e. The Hall–Kier alpha value is -2.18. The van der Waals surface area contributed by atoms with Crippen LogP contribution in [0.4, 0.5) is 0 Å². The van der Waals surface area contributed by atoms with Crippen LogP contribution in [0.15, 0.2) is 30.3 Å². The Balaban J connectivity index is 2.04. The van der Waals surface area contributed by atoms with Crippen LogP contribution >= 0.6 is 0 Å². The lowest BCUT2D eigenvalue weighted by Crippen LogP contribution is -2.36. The Morgan fingerprint density at radius 3 is 2.48 bits per heavy atom. The second-order valence-corrected chi connectivity index (χ2v) is 6.30. The zero-order valence-electron chi connectivity index (χ0n) is 14.4. The fourth-order valence-electron chi connectivity index (χ4n) is 3.40. The summed E-state index contributed by atoms with van der Waals surface area (Å²) in [6, 6.07) is 9.92. The molecule has 2 aromatic rings. The highest BCUT2D eigenvalue weighted by Crippen LogP contribution is 2.27. The van der Waals surface area contributed by atoms with Crippen molar-refractivity contribution in [3.63, 3.8) is 0 Å². The standard InChI is InChI=1S/C19H25N3O3/c23-13-11-21(12-14-24)19(25)17-16-9-5-2-6-10-22(16)18(20-17)15-7-3-1-4-8-15/h1,3-4,7-8,23-24H,2,5-6,9-14H2. The van der Waals surface area contributed by atoms with E-state index in [9.17, 15) is 15.0 Å². The van der Waals surface area contributed by atoms with E-state index in [4.69, 9.17) is 4.98 Å². The molecule has 134 valence electrons. The van der Waals surface area contributed by atoms with Crippen LogP contribution in [-0.2, 0) is 13.0 Å². The number of fused-ring (bicyclic) bond motifs is 1. The van der Waals surface area contributed by atoms with Crippen LogP contribution in [0.3, 0.4) is 0 Å². The van der Waals surface area contributed by atoms with E-state index in [0.29, 0.717) is 5.69 Å². The fourth-order valence-corrected chi connectivity index (χ4v) is 3.40. The van der Waals surface area contributed by atoms with Crippen LogP contribution in [-0.4, -0.2) is 56.9 Å². The van der Waals surface area contributed by atoms with Gasteiger partial charge in [0.15, 0.2) is 0 Å². The van der Waals surface area contributed by atoms with Gasteiger partial charge >= 0.3 is 0 Å². The van der Waals surface area contributed by atoms with Crippen molar-refractivity contribution in [2.45, 2.75) is 32.2 Å². The molecule has 0 bridgehead atoms. The zero-order valence-corrected chi connectivity index (χ0v) is 14.4. The number of rotatable bonds is 6. The van der Waals surface area contributed by atoms with Crippen LogP contribution in [0.5, 0.6) is 0 Å². The first-order chi connectivity index (χ1) is 12.3. The number of aromatic nitrogens is 2. The molecular weight excluding hydrogens is 318 g/mol. The van der Waals surface area contributed by atoms with Gasteiger partial charge in [-0.15, -0.1) is 0 Å². The summed E-state index contributed by atoms with van der Waals surface area (Å²) in [6.07, 6.45) is 4.08. The second-order valence-electron chi connectivity index (χ2n) is 6.30. The summed E-state index contributed by atoms with van der Waals surface area (Å²) < 4.78 is 2.17. The van der Waals surface area contributed by atoms with Gasteiger partial charge in [0.2, 0.25) is 0 Å². The Labute approximate surface area is 147 Å². The van der Waals surface area contributed by atoms with Gasteiger partial charge in [-0.05, 0) is 19.3 Å². The number of hydrogen-bond donors (Lipinski definition) is 2. The van der Waals surface area contributed by atoms with E-state index < -0.39 is 0 Å².